The predicted octanol–water partition coefficient (Wildman–Crippen LogP) is 7.32. The molecule has 4 aromatic rings. The summed E-state index contributed by atoms with van der Waals surface area (Å²) in [4.78, 5) is 63.4. The Hall–Kier alpha value is -5.98. The van der Waals surface area contributed by atoms with Gasteiger partial charge < -0.3 is 39.8 Å². The smallest absolute Gasteiger partial charge is 0.417 e. The van der Waals surface area contributed by atoms with E-state index in [1.165, 1.54) is 11.0 Å². The molecule has 3 N–H and O–H groups in total. The zero-order valence-corrected chi connectivity index (χ0v) is 41.6. The fourth-order valence-electron chi connectivity index (χ4n) is 8.17. The number of β-amino-alcohol motifs (C(OH)–C–C–N with tert-alkyl or cyclic N) is 1. The number of nitrogens with one attached hydrogen (secondary N) is 2. The van der Waals surface area contributed by atoms with Crippen molar-refractivity contribution in [1.29, 1.82) is 5.26 Å². The number of carbonyl (C=O) groups excluding carboxylic acids is 4. The lowest BCUT2D eigenvalue weighted by atomic mass is 9.85. The van der Waals surface area contributed by atoms with E-state index in [1.807, 2.05) is 52.0 Å². The molecule has 0 bridgehead atoms. The van der Waals surface area contributed by atoms with Crippen LogP contribution >= 0.6 is 23.6 Å². The van der Waals surface area contributed by atoms with Crippen molar-refractivity contribution in [2.24, 2.45) is 5.41 Å². The van der Waals surface area contributed by atoms with Crippen LogP contribution in [0, 0.1) is 23.7 Å². The first-order valence-electron chi connectivity index (χ1n) is 22.8. The Kier molecular flexibility index (Phi) is 17.4. The molecule has 70 heavy (non-hydrogen) atoms. The van der Waals surface area contributed by atoms with Gasteiger partial charge in [0.15, 0.2) is 5.11 Å². The summed E-state index contributed by atoms with van der Waals surface area (Å²) < 4.78 is 58.3. The number of nitriles is 1. The summed E-state index contributed by atoms with van der Waals surface area (Å²) in [6, 6.07) is 17.4. The topological polar surface area (TPSA) is 187 Å². The molecule has 2 fully saturated rings. The number of alkyl halides is 3. The van der Waals surface area contributed by atoms with E-state index in [4.69, 9.17) is 26.4 Å². The van der Waals surface area contributed by atoms with Gasteiger partial charge in [-0.1, -0.05) is 45.0 Å². The van der Waals surface area contributed by atoms with E-state index in [0.29, 0.717) is 50.7 Å². The minimum atomic E-state index is -4.80. The maximum absolute atomic E-state index is 14.0. The molecule has 3 atom stereocenters. The minimum Gasteiger partial charge on any atom is -0.494 e. The second-order valence-electron chi connectivity index (χ2n) is 18.6. The number of aliphatic hydroxyl groups is 1. The van der Waals surface area contributed by atoms with Crippen molar-refractivity contribution in [2.45, 2.75) is 104 Å². The molecule has 6 rings (SSSR count). The third kappa shape index (κ3) is 12.9. The highest BCUT2D eigenvalue weighted by Crippen LogP contribution is 2.40. The first-order chi connectivity index (χ1) is 33.1. The van der Waals surface area contributed by atoms with Gasteiger partial charge in [0.1, 0.15) is 23.4 Å². The van der Waals surface area contributed by atoms with Gasteiger partial charge in [-0.3, -0.25) is 24.1 Å². The number of benzene rings is 3. The zero-order valence-electron chi connectivity index (χ0n) is 39.9. The predicted molar refractivity (Wildman–Crippen MR) is 262 cm³/mol. The second kappa shape index (κ2) is 22.8. The number of thiocarbonyl (C=S) groups is 1. The van der Waals surface area contributed by atoms with E-state index in [2.05, 4.69) is 15.6 Å². The fourth-order valence-corrected chi connectivity index (χ4v) is 9.51. The Labute approximate surface area is 414 Å². The number of nitrogens with zero attached hydrogens (tertiary/aromatic N) is 5. The largest absolute Gasteiger partial charge is 0.494 e. The van der Waals surface area contributed by atoms with Crippen LogP contribution in [0.15, 0.2) is 72.2 Å². The molecular formula is C50H58F3N7O8S2. The van der Waals surface area contributed by atoms with Crippen molar-refractivity contribution in [1.82, 2.24) is 20.5 Å². The number of aromatic nitrogens is 1. The first kappa shape index (κ1) is 53.4. The van der Waals surface area contributed by atoms with Crippen LogP contribution in [-0.4, -0.2) is 107 Å². The van der Waals surface area contributed by atoms with Gasteiger partial charge in [-0.15, -0.1) is 11.3 Å². The van der Waals surface area contributed by atoms with Crippen LogP contribution in [0.3, 0.4) is 0 Å². The highest BCUT2D eigenvalue weighted by Gasteiger charge is 2.51. The fraction of sp³-hybridized carbons (Fsp3) is 0.460. The van der Waals surface area contributed by atoms with E-state index >= 15 is 0 Å². The monoisotopic (exact) mass is 1010 g/mol. The SMILES string of the molecule is Cc1ncsc1-c1ccc(CNC(=O)[C@@H]2C[C@@H](O)CN2C(=O)[C@@H](NC(=O)CCCOCCOCCCOc2ccc(N3C(=S)N(c4ccc(C#N)c(C(F)(F)F)c4)C(=O)C3(C)C)cc2)C(C)(C)C)cc1. The first-order valence-corrected chi connectivity index (χ1v) is 24.1. The van der Waals surface area contributed by atoms with Crippen LogP contribution in [0.1, 0.15) is 82.7 Å². The standard InChI is InChI=1S/C50H58F3N7O8S2/c1-31-42(70-30-56-31)33-12-10-32(11-13-33)28-55-44(63)40-26-37(61)29-58(40)45(64)43(48(2,3)4)57-41(62)9-7-20-66-23-24-67-21-8-22-68-38-18-16-35(17-19-38)60-47(69)59(46(65)49(60,5)6)36-15-14-34(27-54)39(25-36)50(51,52)53/h10-19,25,30,37,40,43,61H,7-9,20-24,26,28-29H2,1-6H3,(H,55,63)(H,57,62)/t37-,40+,43-/m1/s1. The normalized spacial score (nSPS) is 17.4. The molecule has 3 heterocycles. The molecule has 15 nitrogen and oxygen atoms in total. The molecule has 2 aliphatic rings. The summed E-state index contributed by atoms with van der Waals surface area (Å²) in [7, 11) is 0. The average Bonchev–Trinajstić information content (AvgIpc) is 3.98. The number of aliphatic hydroxyl groups excluding tert-OH is 1. The number of aryl methyl sites for hydroxylation is 1. The molecule has 20 heteroatoms. The maximum atomic E-state index is 14.0. The Morgan fingerprint density at radius 1 is 0.971 bits per heavy atom. The van der Waals surface area contributed by atoms with E-state index < -0.39 is 58.3 Å². The van der Waals surface area contributed by atoms with Crippen molar-refractivity contribution in [2.75, 3.05) is 49.4 Å². The van der Waals surface area contributed by atoms with Gasteiger partial charge in [0, 0.05) is 51.3 Å². The van der Waals surface area contributed by atoms with Gasteiger partial charge >= 0.3 is 6.18 Å². The zero-order chi connectivity index (χ0) is 51.0. The van der Waals surface area contributed by atoms with Crippen molar-refractivity contribution in [3.05, 3.63) is 94.6 Å². The molecule has 1 aromatic heterocycles. The van der Waals surface area contributed by atoms with Crippen LogP contribution in [0.4, 0.5) is 24.5 Å². The molecule has 0 unspecified atom stereocenters. The Morgan fingerprint density at radius 3 is 2.24 bits per heavy atom. The molecule has 3 aromatic carbocycles. The summed E-state index contributed by atoms with van der Waals surface area (Å²) >= 11 is 7.18. The molecule has 374 valence electrons. The Balaban J connectivity index is 0.867. The van der Waals surface area contributed by atoms with Crippen LogP contribution in [0.25, 0.3) is 10.4 Å². The Bertz CT molecular complexity index is 2560. The molecule has 2 aliphatic heterocycles. The number of hydrogen-bond acceptors (Lipinski definition) is 12. The van der Waals surface area contributed by atoms with Gasteiger partial charge in [0.2, 0.25) is 17.7 Å². The second-order valence-corrected chi connectivity index (χ2v) is 19.8. The van der Waals surface area contributed by atoms with E-state index in [-0.39, 0.29) is 55.2 Å². The number of hydrogen-bond donors (Lipinski definition) is 3. The van der Waals surface area contributed by atoms with Gasteiger partial charge in [-0.2, -0.15) is 18.4 Å². The lowest BCUT2D eigenvalue weighted by Gasteiger charge is -2.35. The molecule has 0 saturated carbocycles. The van der Waals surface area contributed by atoms with E-state index in [0.717, 1.165) is 38.7 Å². The third-order valence-corrected chi connectivity index (χ3v) is 13.3. The lowest BCUT2D eigenvalue weighted by molar-refractivity contribution is -0.144. The van der Waals surface area contributed by atoms with Crippen LogP contribution in [-0.2, 0) is 41.4 Å². The maximum Gasteiger partial charge on any atom is 0.417 e. The number of likely N-dealkylation sites (tertiary alicyclic amines) is 1. The number of anilines is 2. The Morgan fingerprint density at radius 2 is 1.63 bits per heavy atom. The van der Waals surface area contributed by atoms with Crippen molar-refractivity contribution >= 4 is 63.7 Å². The van der Waals surface area contributed by atoms with Gasteiger partial charge in [-0.25, -0.2) is 4.98 Å². The molecule has 4 amide bonds. The lowest BCUT2D eigenvalue weighted by Crippen LogP contribution is -2.57. The number of amides is 4. The summed E-state index contributed by atoms with van der Waals surface area (Å²) in [5.41, 5.74) is 1.47. The highest BCUT2D eigenvalue weighted by molar-refractivity contribution is 7.81. The third-order valence-electron chi connectivity index (χ3n) is 11.9. The molecule has 0 spiro atoms. The molecule has 0 aliphatic carbocycles. The van der Waals surface area contributed by atoms with Crippen molar-refractivity contribution in [3.63, 3.8) is 0 Å². The van der Waals surface area contributed by atoms with Crippen LogP contribution in [0.2, 0.25) is 0 Å². The van der Waals surface area contributed by atoms with Crippen LogP contribution in [0.5, 0.6) is 5.75 Å². The van der Waals surface area contributed by atoms with Gasteiger partial charge in [0.05, 0.1) is 64.9 Å². The van der Waals surface area contributed by atoms with Crippen molar-refractivity contribution in [3.8, 4) is 22.3 Å². The number of thiazole rings is 1. The number of carbonyl (C=O) groups is 4. The minimum absolute atomic E-state index is 0.0119. The van der Waals surface area contributed by atoms with Crippen molar-refractivity contribution < 1.29 is 51.7 Å². The number of rotatable bonds is 20. The number of halogens is 3. The highest BCUT2D eigenvalue weighted by atomic mass is 32.1. The quantitative estimate of drug-likeness (QED) is 0.0593. The number of ether oxygens (including phenoxy) is 3. The molecule has 2 saturated heterocycles. The van der Waals surface area contributed by atoms with E-state index in [9.17, 15) is 42.7 Å². The summed E-state index contributed by atoms with van der Waals surface area (Å²) in [6.07, 6.45) is -4.52. The van der Waals surface area contributed by atoms with Gasteiger partial charge in [-0.05, 0) is 98.4 Å². The van der Waals surface area contributed by atoms with Crippen LogP contribution < -0.4 is 25.2 Å². The summed E-state index contributed by atoms with van der Waals surface area (Å²) in [6.45, 7) is 12.6. The molecular weight excluding hydrogens is 948 g/mol. The summed E-state index contributed by atoms with van der Waals surface area (Å²) in [5.74, 6) is -1.13. The average molecular weight is 1010 g/mol. The van der Waals surface area contributed by atoms with Gasteiger partial charge in [0.25, 0.3) is 5.91 Å². The summed E-state index contributed by atoms with van der Waals surface area (Å²) in [5, 5.41) is 25.5. The molecule has 0 radical (unpaired) electrons. The van der Waals surface area contributed by atoms with E-state index in [1.54, 1.807) is 65.9 Å².